The summed E-state index contributed by atoms with van der Waals surface area (Å²) in [5.74, 6) is 0.146. The highest BCUT2D eigenvalue weighted by Gasteiger charge is 2.21. The van der Waals surface area contributed by atoms with Gasteiger partial charge in [-0.3, -0.25) is 4.79 Å². The number of nitrogens with two attached hydrogens (primary N) is 1. The summed E-state index contributed by atoms with van der Waals surface area (Å²) in [6.07, 6.45) is 3.59. The molecule has 2 aromatic heterocycles. The average molecular weight is 308 g/mol. The third kappa shape index (κ3) is 2.94. The number of nitrogen functional groups attached to an aromatic ring is 1. The van der Waals surface area contributed by atoms with Crippen LogP contribution < -0.4 is 16.4 Å². The maximum Gasteiger partial charge on any atom is 0.265 e. The van der Waals surface area contributed by atoms with E-state index in [1.54, 1.807) is 11.3 Å². The number of anilines is 2. The molecule has 0 spiro atoms. The lowest BCUT2D eigenvalue weighted by Gasteiger charge is -2.25. The minimum Gasteiger partial charge on any atom is -0.382 e. The standard InChI is InChI=1S/C13H16N4OS2/c14-11-10(12(18)15-6-8-4-5-19-7-8)20-13(17-11)16-9-2-1-3-9/h4-5,7,9H,1-3,6,14H2,(H,15,18)(H,16,17). The highest BCUT2D eigenvalue weighted by molar-refractivity contribution is 7.18. The molecule has 0 unspecified atom stereocenters. The summed E-state index contributed by atoms with van der Waals surface area (Å²) in [6, 6.07) is 2.48. The molecule has 20 heavy (non-hydrogen) atoms. The number of thiazole rings is 1. The van der Waals surface area contributed by atoms with Crippen molar-refractivity contribution in [3.05, 3.63) is 27.3 Å². The van der Waals surface area contributed by atoms with E-state index < -0.39 is 0 Å². The van der Waals surface area contributed by atoms with E-state index in [0.717, 1.165) is 10.7 Å². The Morgan fingerprint density at radius 3 is 3.00 bits per heavy atom. The van der Waals surface area contributed by atoms with Crippen LogP contribution in [0.25, 0.3) is 0 Å². The van der Waals surface area contributed by atoms with Crippen molar-refractivity contribution in [3.63, 3.8) is 0 Å². The number of amides is 1. The summed E-state index contributed by atoms with van der Waals surface area (Å²) in [4.78, 5) is 16.8. The minimum absolute atomic E-state index is 0.159. The van der Waals surface area contributed by atoms with Gasteiger partial charge in [-0.25, -0.2) is 4.98 Å². The smallest absolute Gasteiger partial charge is 0.265 e. The SMILES string of the molecule is Nc1nc(NC2CCC2)sc1C(=O)NCc1ccsc1. The number of aromatic nitrogens is 1. The summed E-state index contributed by atoms with van der Waals surface area (Å²) < 4.78 is 0. The molecule has 1 saturated carbocycles. The predicted octanol–water partition coefficient (Wildman–Crippen LogP) is 2.68. The first kappa shape index (κ1) is 13.4. The van der Waals surface area contributed by atoms with Crippen molar-refractivity contribution in [3.8, 4) is 0 Å². The van der Waals surface area contributed by atoms with Crippen LogP contribution in [0.15, 0.2) is 16.8 Å². The van der Waals surface area contributed by atoms with Crippen LogP contribution in [0.5, 0.6) is 0 Å². The van der Waals surface area contributed by atoms with Gasteiger partial charge in [0.25, 0.3) is 5.91 Å². The van der Waals surface area contributed by atoms with Crippen LogP contribution in [0.2, 0.25) is 0 Å². The zero-order chi connectivity index (χ0) is 13.9. The van der Waals surface area contributed by atoms with Crippen molar-refractivity contribution in [2.45, 2.75) is 31.8 Å². The van der Waals surface area contributed by atoms with Crippen LogP contribution in [0.3, 0.4) is 0 Å². The third-order valence-corrected chi connectivity index (χ3v) is 5.06. The van der Waals surface area contributed by atoms with Crippen molar-refractivity contribution in [2.24, 2.45) is 0 Å². The number of nitrogens with zero attached hydrogens (tertiary/aromatic N) is 1. The second kappa shape index (κ2) is 5.80. The molecule has 0 saturated heterocycles. The molecule has 106 valence electrons. The summed E-state index contributed by atoms with van der Waals surface area (Å²) in [6.45, 7) is 0.519. The van der Waals surface area contributed by atoms with Gasteiger partial charge in [0, 0.05) is 12.6 Å². The van der Waals surface area contributed by atoms with Gasteiger partial charge in [-0.1, -0.05) is 11.3 Å². The Kier molecular flexibility index (Phi) is 3.88. The van der Waals surface area contributed by atoms with Gasteiger partial charge in [0.1, 0.15) is 10.7 Å². The molecule has 1 aliphatic rings. The Hall–Kier alpha value is -1.60. The van der Waals surface area contributed by atoms with Crippen LogP contribution >= 0.6 is 22.7 Å². The summed E-state index contributed by atoms with van der Waals surface area (Å²) in [7, 11) is 0. The van der Waals surface area contributed by atoms with Crippen LogP contribution in [0, 0.1) is 0 Å². The third-order valence-electron chi connectivity index (χ3n) is 3.33. The normalized spacial score (nSPS) is 14.8. The first-order valence-corrected chi connectivity index (χ1v) is 8.30. The molecule has 0 bridgehead atoms. The molecular formula is C13H16N4OS2. The van der Waals surface area contributed by atoms with E-state index in [1.165, 1.54) is 30.6 Å². The molecule has 3 rings (SSSR count). The molecule has 0 radical (unpaired) electrons. The van der Waals surface area contributed by atoms with Gasteiger partial charge in [-0.2, -0.15) is 11.3 Å². The molecule has 0 aliphatic heterocycles. The highest BCUT2D eigenvalue weighted by Crippen LogP contribution is 2.29. The van der Waals surface area contributed by atoms with Crippen molar-refractivity contribution in [1.29, 1.82) is 0 Å². The van der Waals surface area contributed by atoms with Crippen molar-refractivity contribution in [1.82, 2.24) is 10.3 Å². The van der Waals surface area contributed by atoms with E-state index >= 15 is 0 Å². The Morgan fingerprint density at radius 1 is 1.50 bits per heavy atom. The molecule has 7 heteroatoms. The summed E-state index contributed by atoms with van der Waals surface area (Å²) in [5.41, 5.74) is 6.92. The van der Waals surface area contributed by atoms with E-state index in [4.69, 9.17) is 5.73 Å². The fraction of sp³-hybridized carbons (Fsp3) is 0.385. The molecule has 1 amide bonds. The van der Waals surface area contributed by atoms with Gasteiger partial charge >= 0.3 is 0 Å². The Morgan fingerprint density at radius 2 is 2.35 bits per heavy atom. The van der Waals surface area contributed by atoms with Gasteiger partial charge in [0.15, 0.2) is 5.13 Å². The van der Waals surface area contributed by atoms with E-state index in [-0.39, 0.29) is 5.91 Å². The average Bonchev–Trinajstić information content (AvgIpc) is 3.00. The van der Waals surface area contributed by atoms with Crippen LogP contribution in [0.4, 0.5) is 10.9 Å². The molecule has 2 heterocycles. The van der Waals surface area contributed by atoms with Crippen molar-refractivity contribution >= 4 is 39.5 Å². The molecule has 2 aromatic rings. The zero-order valence-corrected chi connectivity index (χ0v) is 12.5. The summed E-state index contributed by atoms with van der Waals surface area (Å²) in [5, 5.41) is 10.9. The Bertz CT molecular complexity index is 590. The molecule has 0 aromatic carbocycles. The van der Waals surface area contributed by atoms with Gasteiger partial charge in [0.2, 0.25) is 0 Å². The monoisotopic (exact) mass is 308 g/mol. The van der Waals surface area contributed by atoms with Crippen LogP contribution in [-0.2, 0) is 6.54 Å². The second-order valence-corrected chi connectivity index (χ2v) is 6.60. The minimum atomic E-state index is -0.159. The van der Waals surface area contributed by atoms with Gasteiger partial charge in [-0.05, 0) is 41.7 Å². The van der Waals surface area contributed by atoms with Gasteiger partial charge in [-0.15, -0.1) is 0 Å². The Balaban J connectivity index is 1.61. The molecular weight excluding hydrogens is 292 g/mol. The highest BCUT2D eigenvalue weighted by atomic mass is 32.1. The van der Waals surface area contributed by atoms with Crippen LogP contribution in [0.1, 0.15) is 34.5 Å². The lowest BCUT2D eigenvalue weighted by molar-refractivity contribution is 0.0955. The zero-order valence-electron chi connectivity index (χ0n) is 10.9. The second-order valence-electron chi connectivity index (χ2n) is 4.82. The molecule has 0 atom stereocenters. The van der Waals surface area contributed by atoms with Crippen molar-refractivity contribution in [2.75, 3.05) is 11.1 Å². The maximum absolute atomic E-state index is 12.1. The largest absolute Gasteiger partial charge is 0.382 e. The lowest BCUT2D eigenvalue weighted by Crippen LogP contribution is -2.26. The predicted molar refractivity (Wildman–Crippen MR) is 83.3 cm³/mol. The first-order chi connectivity index (χ1) is 9.72. The van der Waals surface area contributed by atoms with Gasteiger partial charge in [0.05, 0.1) is 0 Å². The Labute approximate surface area is 125 Å². The van der Waals surface area contributed by atoms with E-state index in [1.807, 2.05) is 16.8 Å². The molecule has 1 aliphatic carbocycles. The number of nitrogens with one attached hydrogen (secondary N) is 2. The molecule has 5 nitrogen and oxygen atoms in total. The van der Waals surface area contributed by atoms with Crippen LogP contribution in [-0.4, -0.2) is 16.9 Å². The number of carbonyl (C=O) groups is 1. The number of hydrogen-bond donors (Lipinski definition) is 3. The fourth-order valence-corrected chi connectivity index (χ4v) is 3.49. The number of hydrogen-bond acceptors (Lipinski definition) is 6. The lowest BCUT2D eigenvalue weighted by atomic mass is 9.93. The van der Waals surface area contributed by atoms with E-state index in [0.29, 0.717) is 23.3 Å². The van der Waals surface area contributed by atoms with Crippen molar-refractivity contribution < 1.29 is 4.79 Å². The fourth-order valence-electron chi connectivity index (χ4n) is 1.94. The molecule has 1 fully saturated rings. The number of thiophene rings is 1. The maximum atomic E-state index is 12.1. The topological polar surface area (TPSA) is 80.0 Å². The summed E-state index contributed by atoms with van der Waals surface area (Å²) >= 11 is 2.94. The van der Waals surface area contributed by atoms with E-state index in [9.17, 15) is 4.79 Å². The first-order valence-electron chi connectivity index (χ1n) is 6.54. The molecule has 4 N–H and O–H groups in total. The number of rotatable bonds is 5. The quantitative estimate of drug-likeness (QED) is 0.793. The van der Waals surface area contributed by atoms with E-state index in [2.05, 4.69) is 15.6 Å². The number of carbonyl (C=O) groups excluding carboxylic acids is 1. The van der Waals surface area contributed by atoms with Gasteiger partial charge < -0.3 is 16.4 Å².